The molecule has 0 bridgehead atoms. The number of nitrogens with one attached hydrogen (secondary N) is 1. The van der Waals surface area contributed by atoms with E-state index in [1.54, 1.807) is 0 Å². The summed E-state index contributed by atoms with van der Waals surface area (Å²) < 4.78 is 31.3. The van der Waals surface area contributed by atoms with Crippen molar-refractivity contribution in [3.63, 3.8) is 0 Å². The van der Waals surface area contributed by atoms with Crippen LogP contribution in [0.15, 0.2) is 0 Å². The summed E-state index contributed by atoms with van der Waals surface area (Å²) in [6.45, 7) is 14.9. The summed E-state index contributed by atoms with van der Waals surface area (Å²) in [6, 6.07) is 0. The number of nitrogens with zero attached hydrogens (tertiary/aromatic N) is 1. The largest absolute Gasteiger partial charge is 0.748 e. The minimum atomic E-state index is -4.22. The Kier molecular flexibility index (Phi) is 20.0. The summed E-state index contributed by atoms with van der Waals surface area (Å²) in [4.78, 5) is 10.4. The Labute approximate surface area is 179 Å². The summed E-state index contributed by atoms with van der Waals surface area (Å²) >= 11 is 3.62. The van der Waals surface area contributed by atoms with Crippen LogP contribution in [-0.4, -0.2) is 67.6 Å². The SMILES string of the molecule is CCCC[N+](CCCC)(CCCC)CCCC.O=C(CS)NCCS(=O)(=O)[O-]. The molecule has 0 aromatic heterocycles. The lowest BCUT2D eigenvalue weighted by atomic mass is 10.1. The van der Waals surface area contributed by atoms with Crippen molar-refractivity contribution in [1.29, 1.82) is 0 Å². The fourth-order valence-corrected chi connectivity index (χ4v) is 3.48. The van der Waals surface area contributed by atoms with E-state index in [-0.39, 0.29) is 12.3 Å². The standard InChI is InChI=1S/C16H36N.C4H9NO4S2/c1-5-9-13-17(14-10-6-2,15-11-7-3)16-12-8-4;6-4(3-10)5-1-2-11(7,8)9/h5-16H2,1-4H3;10H,1-3H2,(H,5,6)(H,7,8,9)/q+1;/p-1. The van der Waals surface area contributed by atoms with Gasteiger partial charge in [0, 0.05) is 6.54 Å². The molecule has 28 heavy (non-hydrogen) atoms. The van der Waals surface area contributed by atoms with Gasteiger partial charge in [-0.05, 0) is 25.7 Å². The first-order valence-electron chi connectivity index (χ1n) is 10.9. The van der Waals surface area contributed by atoms with E-state index in [0.29, 0.717) is 0 Å². The van der Waals surface area contributed by atoms with E-state index in [1.165, 1.54) is 82.0 Å². The van der Waals surface area contributed by atoms with E-state index in [2.05, 4.69) is 45.6 Å². The fourth-order valence-electron chi connectivity index (χ4n) is 3.02. The van der Waals surface area contributed by atoms with Crippen LogP contribution in [-0.2, 0) is 14.9 Å². The number of carbonyl (C=O) groups excluding carboxylic acids is 1. The van der Waals surface area contributed by atoms with Gasteiger partial charge in [-0.3, -0.25) is 4.79 Å². The quantitative estimate of drug-likeness (QED) is 0.218. The van der Waals surface area contributed by atoms with Crippen LogP contribution in [0.5, 0.6) is 0 Å². The van der Waals surface area contributed by atoms with E-state index in [0.717, 1.165) is 0 Å². The summed E-state index contributed by atoms with van der Waals surface area (Å²) in [6.07, 6.45) is 11.1. The first kappa shape index (κ1) is 29.9. The van der Waals surface area contributed by atoms with Crippen molar-refractivity contribution in [3.8, 4) is 0 Å². The third-order valence-corrected chi connectivity index (χ3v) is 5.75. The van der Waals surface area contributed by atoms with Crippen LogP contribution in [0.2, 0.25) is 0 Å². The number of carbonyl (C=O) groups is 1. The van der Waals surface area contributed by atoms with Crippen LogP contribution >= 0.6 is 12.6 Å². The Hall–Kier alpha value is -0.310. The van der Waals surface area contributed by atoms with Crippen LogP contribution in [0.3, 0.4) is 0 Å². The molecular weight excluding hydrogens is 396 g/mol. The number of unbranched alkanes of at least 4 members (excludes halogenated alkanes) is 4. The molecule has 170 valence electrons. The van der Waals surface area contributed by atoms with Gasteiger partial charge in [0.25, 0.3) is 0 Å². The highest BCUT2D eigenvalue weighted by molar-refractivity contribution is 7.85. The normalized spacial score (nSPS) is 11.6. The highest BCUT2D eigenvalue weighted by Gasteiger charge is 2.24. The second-order valence-electron chi connectivity index (χ2n) is 7.42. The van der Waals surface area contributed by atoms with Crippen molar-refractivity contribution in [2.45, 2.75) is 79.1 Å². The van der Waals surface area contributed by atoms with Gasteiger partial charge >= 0.3 is 0 Å². The van der Waals surface area contributed by atoms with E-state index < -0.39 is 21.8 Å². The minimum Gasteiger partial charge on any atom is -0.748 e. The minimum absolute atomic E-state index is 0.0150. The third-order valence-electron chi connectivity index (χ3n) is 4.76. The van der Waals surface area contributed by atoms with Gasteiger partial charge in [0.05, 0.1) is 47.8 Å². The van der Waals surface area contributed by atoms with Crippen molar-refractivity contribution in [3.05, 3.63) is 0 Å². The molecule has 0 aromatic rings. The number of hydrogen-bond acceptors (Lipinski definition) is 5. The van der Waals surface area contributed by atoms with Crippen molar-refractivity contribution in [2.75, 3.05) is 44.2 Å². The maximum absolute atomic E-state index is 10.4. The molecule has 0 spiro atoms. The summed E-state index contributed by atoms with van der Waals surface area (Å²) in [5, 5.41) is 2.19. The summed E-state index contributed by atoms with van der Waals surface area (Å²) in [5.41, 5.74) is 0. The molecule has 0 saturated heterocycles. The molecule has 0 rings (SSSR count). The van der Waals surface area contributed by atoms with Gasteiger partial charge in [-0.1, -0.05) is 53.4 Å². The van der Waals surface area contributed by atoms with Gasteiger partial charge in [-0.2, -0.15) is 12.6 Å². The number of thiol groups is 1. The van der Waals surface area contributed by atoms with E-state index in [9.17, 15) is 17.8 Å². The molecule has 0 unspecified atom stereocenters. The average Bonchev–Trinajstić information content (AvgIpc) is 2.66. The number of quaternary nitrogens is 1. The van der Waals surface area contributed by atoms with E-state index in [4.69, 9.17) is 0 Å². The summed E-state index contributed by atoms with van der Waals surface area (Å²) in [7, 11) is -4.22. The number of rotatable bonds is 16. The van der Waals surface area contributed by atoms with Crippen LogP contribution in [0, 0.1) is 0 Å². The Morgan fingerprint density at radius 3 is 1.46 bits per heavy atom. The van der Waals surface area contributed by atoms with Crippen molar-refractivity contribution >= 4 is 28.7 Å². The van der Waals surface area contributed by atoms with Gasteiger partial charge in [0.15, 0.2) is 0 Å². The van der Waals surface area contributed by atoms with E-state index in [1.807, 2.05) is 0 Å². The monoisotopic (exact) mass is 440 g/mol. The van der Waals surface area contributed by atoms with Gasteiger partial charge in [-0.15, -0.1) is 0 Å². The van der Waals surface area contributed by atoms with Gasteiger partial charge < -0.3 is 14.4 Å². The molecule has 0 aromatic carbocycles. The van der Waals surface area contributed by atoms with Crippen LogP contribution in [0.25, 0.3) is 0 Å². The van der Waals surface area contributed by atoms with Crippen molar-refractivity contribution < 1.29 is 22.2 Å². The highest BCUT2D eigenvalue weighted by Crippen LogP contribution is 2.16. The molecule has 0 fully saturated rings. The second kappa shape index (κ2) is 18.7. The molecule has 1 amide bonds. The van der Waals surface area contributed by atoms with Crippen LogP contribution in [0.1, 0.15) is 79.1 Å². The maximum Gasteiger partial charge on any atom is 0.229 e. The average molecular weight is 441 g/mol. The predicted octanol–water partition coefficient (Wildman–Crippen LogP) is 3.58. The van der Waals surface area contributed by atoms with Gasteiger partial charge in [0.2, 0.25) is 5.91 Å². The lowest BCUT2D eigenvalue weighted by molar-refractivity contribution is -0.929. The number of amides is 1. The molecule has 6 nitrogen and oxygen atoms in total. The number of hydrogen-bond donors (Lipinski definition) is 2. The maximum atomic E-state index is 10.4. The molecule has 1 N–H and O–H groups in total. The Morgan fingerprint density at radius 1 is 0.857 bits per heavy atom. The molecule has 0 radical (unpaired) electrons. The zero-order chi connectivity index (χ0) is 21.9. The zero-order valence-corrected chi connectivity index (χ0v) is 20.3. The Bertz CT molecular complexity index is 433. The predicted molar refractivity (Wildman–Crippen MR) is 121 cm³/mol. The molecule has 0 saturated carbocycles. The Morgan fingerprint density at radius 2 is 1.21 bits per heavy atom. The smallest absolute Gasteiger partial charge is 0.229 e. The first-order valence-corrected chi connectivity index (χ1v) is 13.1. The molecular formula is C20H44N2O4S2. The third kappa shape index (κ3) is 19.0. The van der Waals surface area contributed by atoms with Crippen LogP contribution in [0.4, 0.5) is 0 Å². The van der Waals surface area contributed by atoms with Crippen molar-refractivity contribution in [2.24, 2.45) is 0 Å². The fraction of sp³-hybridized carbons (Fsp3) is 0.950. The lowest BCUT2D eigenvalue weighted by Crippen LogP contribution is -2.50. The molecule has 0 aliphatic carbocycles. The van der Waals surface area contributed by atoms with Crippen molar-refractivity contribution in [1.82, 2.24) is 5.32 Å². The highest BCUT2D eigenvalue weighted by atomic mass is 32.2. The second-order valence-corrected chi connectivity index (χ2v) is 9.26. The van der Waals surface area contributed by atoms with Gasteiger partial charge in [0.1, 0.15) is 0 Å². The van der Waals surface area contributed by atoms with Crippen LogP contribution < -0.4 is 5.32 Å². The molecule has 0 atom stereocenters. The molecule has 8 heteroatoms. The van der Waals surface area contributed by atoms with Gasteiger partial charge in [-0.25, -0.2) is 8.42 Å². The molecule has 0 heterocycles. The zero-order valence-electron chi connectivity index (χ0n) is 18.5. The van der Waals surface area contributed by atoms with E-state index >= 15 is 0 Å². The molecule has 0 aliphatic heterocycles. The first-order chi connectivity index (χ1) is 13.2. The summed E-state index contributed by atoms with van der Waals surface area (Å²) in [5.74, 6) is -0.984. The lowest BCUT2D eigenvalue weighted by Gasteiger charge is -2.39. The molecule has 0 aliphatic rings. The topological polar surface area (TPSA) is 86.3 Å². The Balaban J connectivity index is 0.